The fourth-order valence-electron chi connectivity index (χ4n) is 2.22. The fourth-order valence-corrected chi connectivity index (χ4v) is 2.53. The van der Waals surface area contributed by atoms with E-state index in [-0.39, 0.29) is 0 Å². The zero-order chi connectivity index (χ0) is 14.1. The van der Waals surface area contributed by atoms with Crippen LogP contribution in [0.25, 0.3) is 11.0 Å². The molecule has 0 N–H and O–H groups in total. The number of aryl methyl sites for hydroxylation is 1. The van der Waals surface area contributed by atoms with Gasteiger partial charge in [0.15, 0.2) is 0 Å². The number of anilines is 1. The second kappa shape index (κ2) is 5.25. The lowest BCUT2D eigenvalue weighted by Crippen LogP contribution is -2.17. The number of halogens is 1. The molecule has 0 aliphatic carbocycles. The Morgan fingerprint density at radius 3 is 2.90 bits per heavy atom. The van der Waals surface area contributed by atoms with Gasteiger partial charge in [-0.25, -0.2) is 0 Å². The van der Waals surface area contributed by atoms with Gasteiger partial charge in [-0.15, -0.1) is 0 Å². The molecule has 3 aromatic rings. The van der Waals surface area contributed by atoms with Crippen LogP contribution in [0.2, 0.25) is 0 Å². The van der Waals surface area contributed by atoms with E-state index < -0.39 is 0 Å². The van der Waals surface area contributed by atoms with Gasteiger partial charge in [0.05, 0.1) is 17.5 Å². The summed E-state index contributed by atoms with van der Waals surface area (Å²) < 4.78 is 6.28. The van der Waals surface area contributed by atoms with Crippen molar-refractivity contribution < 1.29 is 4.42 Å². The minimum atomic E-state index is 0.777. The van der Waals surface area contributed by atoms with Crippen molar-refractivity contribution in [3.8, 4) is 0 Å². The van der Waals surface area contributed by atoms with E-state index in [1.165, 1.54) is 5.56 Å². The van der Waals surface area contributed by atoms with Gasteiger partial charge in [0.2, 0.25) is 0 Å². The molecule has 0 saturated heterocycles. The lowest BCUT2D eigenvalue weighted by atomic mass is 10.2. The van der Waals surface area contributed by atoms with E-state index in [4.69, 9.17) is 4.42 Å². The molecule has 0 bridgehead atoms. The summed E-state index contributed by atoms with van der Waals surface area (Å²) in [5.74, 6) is 0.950. The van der Waals surface area contributed by atoms with Crippen LogP contribution in [0.5, 0.6) is 0 Å². The fraction of sp³-hybridized carbons (Fsp3) is 0.200. The van der Waals surface area contributed by atoms with E-state index >= 15 is 0 Å². The first-order valence-electron chi connectivity index (χ1n) is 6.29. The van der Waals surface area contributed by atoms with Crippen LogP contribution >= 0.6 is 15.9 Å². The number of nitrogens with zero attached hydrogens (tertiary/aromatic N) is 3. The Morgan fingerprint density at radius 2 is 2.15 bits per heavy atom. The molecular formula is C15H14BrN3O. The number of furan rings is 1. The predicted octanol–water partition coefficient (Wildman–Crippen LogP) is 3.93. The Hall–Kier alpha value is -1.88. The highest BCUT2D eigenvalue weighted by atomic mass is 79.9. The molecule has 0 aliphatic heterocycles. The van der Waals surface area contributed by atoms with Gasteiger partial charge in [-0.05, 0) is 41.1 Å². The number of fused-ring (bicyclic) bond motifs is 1. The molecule has 0 radical (unpaired) electrons. The van der Waals surface area contributed by atoms with Crippen LogP contribution < -0.4 is 4.90 Å². The number of rotatable bonds is 3. The Labute approximate surface area is 125 Å². The number of aromatic nitrogens is 2. The molecular weight excluding hydrogens is 318 g/mol. The van der Waals surface area contributed by atoms with Crippen molar-refractivity contribution in [3.05, 3.63) is 52.7 Å². The van der Waals surface area contributed by atoms with Crippen LogP contribution in [0, 0.1) is 6.92 Å². The van der Waals surface area contributed by atoms with E-state index in [2.05, 4.69) is 30.8 Å². The molecule has 0 spiro atoms. The summed E-state index contributed by atoms with van der Waals surface area (Å²) in [4.78, 5) is 11.0. The molecule has 0 aliphatic rings. The molecule has 0 saturated carbocycles. The maximum absolute atomic E-state index is 5.34. The molecule has 3 rings (SSSR count). The molecule has 0 amide bonds. The van der Waals surface area contributed by atoms with Crippen LogP contribution in [-0.2, 0) is 6.54 Å². The van der Waals surface area contributed by atoms with Crippen molar-refractivity contribution in [2.45, 2.75) is 13.5 Å². The van der Waals surface area contributed by atoms with Gasteiger partial charge in [0.25, 0.3) is 0 Å². The molecule has 5 heteroatoms. The van der Waals surface area contributed by atoms with Gasteiger partial charge in [-0.2, -0.15) is 0 Å². The maximum Gasteiger partial charge on any atom is 0.112 e. The summed E-state index contributed by atoms with van der Waals surface area (Å²) in [5.41, 5.74) is 4.02. The van der Waals surface area contributed by atoms with Crippen molar-refractivity contribution in [3.63, 3.8) is 0 Å². The average molecular weight is 332 g/mol. The largest absolute Gasteiger partial charge is 0.469 e. The third-order valence-corrected chi connectivity index (χ3v) is 3.74. The van der Waals surface area contributed by atoms with Crippen LogP contribution in [0.3, 0.4) is 0 Å². The quantitative estimate of drug-likeness (QED) is 0.729. The van der Waals surface area contributed by atoms with Gasteiger partial charge < -0.3 is 9.32 Å². The average Bonchev–Trinajstić information content (AvgIpc) is 2.83. The highest BCUT2D eigenvalue weighted by molar-refractivity contribution is 9.10. The molecule has 0 fully saturated rings. The summed E-state index contributed by atoms with van der Waals surface area (Å²) in [5, 5.41) is 0. The third-order valence-electron chi connectivity index (χ3n) is 3.31. The lowest BCUT2D eigenvalue weighted by molar-refractivity contribution is 0.529. The van der Waals surface area contributed by atoms with Crippen molar-refractivity contribution in [1.82, 2.24) is 9.97 Å². The first kappa shape index (κ1) is 13.1. The van der Waals surface area contributed by atoms with Gasteiger partial charge in [-0.3, -0.25) is 9.97 Å². The number of hydrogen-bond acceptors (Lipinski definition) is 4. The molecule has 0 unspecified atom stereocenters. The normalized spacial score (nSPS) is 10.9. The van der Waals surface area contributed by atoms with E-state index in [0.717, 1.165) is 33.5 Å². The van der Waals surface area contributed by atoms with E-state index in [1.54, 1.807) is 12.5 Å². The second-order valence-electron chi connectivity index (χ2n) is 4.71. The van der Waals surface area contributed by atoms with Gasteiger partial charge in [0.1, 0.15) is 11.3 Å². The first-order chi connectivity index (χ1) is 9.65. The maximum atomic E-state index is 5.34. The molecule has 0 aromatic carbocycles. The van der Waals surface area contributed by atoms with Crippen molar-refractivity contribution >= 4 is 32.7 Å². The number of hydrogen-bond donors (Lipinski definition) is 0. The summed E-state index contributed by atoms with van der Waals surface area (Å²) in [6.45, 7) is 2.75. The monoisotopic (exact) mass is 331 g/mol. The molecule has 102 valence electrons. The molecule has 3 heterocycles. The van der Waals surface area contributed by atoms with E-state index in [1.807, 2.05) is 38.4 Å². The van der Waals surface area contributed by atoms with E-state index in [9.17, 15) is 0 Å². The highest BCUT2D eigenvalue weighted by Gasteiger charge is 2.11. The summed E-state index contributed by atoms with van der Waals surface area (Å²) in [7, 11) is 2.05. The van der Waals surface area contributed by atoms with Crippen LogP contribution in [0.4, 0.5) is 5.69 Å². The molecule has 0 atom stereocenters. The highest BCUT2D eigenvalue weighted by Crippen LogP contribution is 2.26. The van der Waals surface area contributed by atoms with Crippen LogP contribution in [0.15, 0.2) is 45.7 Å². The van der Waals surface area contributed by atoms with Crippen LogP contribution in [-0.4, -0.2) is 17.0 Å². The summed E-state index contributed by atoms with van der Waals surface area (Å²) in [6.07, 6.45) is 5.33. The SMILES string of the molecule is Cc1occc1CN(C)c1ccnc2cc(Br)cnc12. The van der Waals surface area contributed by atoms with Crippen LogP contribution in [0.1, 0.15) is 11.3 Å². The molecule has 20 heavy (non-hydrogen) atoms. The summed E-state index contributed by atoms with van der Waals surface area (Å²) >= 11 is 3.42. The Morgan fingerprint density at radius 1 is 1.30 bits per heavy atom. The standard InChI is InChI=1S/C15H14BrN3O/c1-10-11(4-6-20-10)9-19(2)14-3-5-17-13-7-12(16)8-18-15(13)14/h3-8H,9H2,1-2H3. The third kappa shape index (κ3) is 2.41. The van der Waals surface area contributed by atoms with Gasteiger partial charge in [0, 0.05) is 36.0 Å². The molecule has 3 aromatic heterocycles. The summed E-state index contributed by atoms with van der Waals surface area (Å²) in [6, 6.07) is 5.96. The van der Waals surface area contributed by atoms with Crippen molar-refractivity contribution in [2.24, 2.45) is 0 Å². The zero-order valence-electron chi connectivity index (χ0n) is 11.3. The van der Waals surface area contributed by atoms with Crippen molar-refractivity contribution in [2.75, 3.05) is 11.9 Å². The van der Waals surface area contributed by atoms with Crippen molar-refractivity contribution in [1.29, 1.82) is 0 Å². The topological polar surface area (TPSA) is 42.2 Å². The zero-order valence-corrected chi connectivity index (χ0v) is 12.9. The van der Waals surface area contributed by atoms with E-state index in [0.29, 0.717) is 0 Å². The molecule has 4 nitrogen and oxygen atoms in total. The lowest BCUT2D eigenvalue weighted by Gasteiger charge is -2.20. The number of pyridine rings is 2. The first-order valence-corrected chi connectivity index (χ1v) is 7.09. The predicted molar refractivity (Wildman–Crippen MR) is 82.8 cm³/mol. The minimum absolute atomic E-state index is 0.777. The second-order valence-corrected chi connectivity index (χ2v) is 5.63. The smallest absolute Gasteiger partial charge is 0.112 e. The Balaban J connectivity index is 1.99. The van der Waals surface area contributed by atoms with Gasteiger partial charge in [-0.1, -0.05) is 0 Å². The minimum Gasteiger partial charge on any atom is -0.469 e. The Bertz CT molecular complexity index is 754. The van der Waals surface area contributed by atoms with Gasteiger partial charge >= 0.3 is 0 Å². The Kier molecular flexibility index (Phi) is 3.44.